The van der Waals surface area contributed by atoms with Crippen molar-refractivity contribution in [1.82, 2.24) is 15.4 Å². The Morgan fingerprint density at radius 2 is 1.89 bits per heavy atom. The fourth-order valence-corrected chi connectivity index (χ4v) is 3.49. The number of aliphatic imine (C=N–C) groups is 1. The van der Waals surface area contributed by atoms with Gasteiger partial charge in [0.15, 0.2) is 5.96 Å². The van der Waals surface area contributed by atoms with Gasteiger partial charge in [0.25, 0.3) is 0 Å². The lowest BCUT2D eigenvalue weighted by Gasteiger charge is -2.13. The number of benzene rings is 2. The topological polar surface area (TPSA) is 82.6 Å². The average Bonchev–Trinajstić information content (AvgIpc) is 2.63. The first-order valence-electron chi connectivity index (χ1n) is 7.95. The molecule has 2 aromatic carbocycles. The van der Waals surface area contributed by atoms with E-state index in [-0.39, 0.29) is 30.1 Å². The first-order valence-corrected chi connectivity index (χ1v) is 9.81. The zero-order chi connectivity index (χ0) is 19.9. The second-order valence-electron chi connectivity index (χ2n) is 5.44. The van der Waals surface area contributed by atoms with Crippen molar-refractivity contribution in [1.29, 1.82) is 0 Å². The molecule has 2 aromatic rings. The molecule has 0 saturated heterocycles. The molecule has 0 unspecified atom stereocenters. The number of rotatable bonds is 7. The smallest absolute Gasteiger partial charge is 0.240 e. The first kappa shape index (κ1) is 21.1. The van der Waals surface area contributed by atoms with Gasteiger partial charge in [0, 0.05) is 37.3 Å². The summed E-state index contributed by atoms with van der Waals surface area (Å²) in [5.41, 5.74) is 0.152. The van der Waals surface area contributed by atoms with Crippen LogP contribution in [-0.2, 0) is 16.6 Å². The normalized spacial score (nSPS) is 12.1. The minimum atomic E-state index is -3.68. The molecule has 0 bridgehead atoms. The van der Waals surface area contributed by atoms with Gasteiger partial charge >= 0.3 is 0 Å². The number of hydrogen-bond donors (Lipinski definition) is 3. The summed E-state index contributed by atoms with van der Waals surface area (Å²) in [4.78, 5) is 4.01. The average molecular weight is 417 g/mol. The first-order chi connectivity index (χ1) is 12.8. The highest BCUT2D eigenvalue weighted by Gasteiger charge is 2.13. The molecule has 0 fully saturated rings. The SMILES string of the molecule is CN=C(NCCNS(=O)(=O)c1cccc(Cl)c1)NCc1cc(F)ccc1F. The summed E-state index contributed by atoms with van der Waals surface area (Å²) < 4.78 is 53.5. The fourth-order valence-electron chi connectivity index (χ4n) is 2.16. The minimum absolute atomic E-state index is 0.0253. The third-order valence-electron chi connectivity index (χ3n) is 3.49. The minimum Gasteiger partial charge on any atom is -0.355 e. The summed E-state index contributed by atoms with van der Waals surface area (Å²) in [6.45, 7) is 0.340. The molecule has 0 aliphatic carbocycles. The van der Waals surface area contributed by atoms with Crippen molar-refractivity contribution in [3.05, 3.63) is 64.7 Å². The van der Waals surface area contributed by atoms with Crippen LogP contribution in [0.1, 0.15) is 5.56 Å². The molecule has 0 aliphatic heterocycles. The Labute approximate surface area is 161 Å². The van der Waals surface area contributed by atoms with Gasteiger partial charge in [-0.3, -0.25) is 4.99 Å². The standard InChI is InChI=1S/C17H19ClF2N4O2S/c1-21-17(23-11-12-9-14(19)5-6-16(12)20)22-7-8-24-27(25,26)15-4-2-3-13(18)10-15/h2-6,9-10,24H,7-8,11H2,1H3,(H2,21,22,23). The number of nitrogens with zero attached hydrogens (tertiary/aromatic N) is 1. The number of sulfonamides is 1. The van der Waals surface area contributed by atoms with Crippen LogP contribution in [0.25, 0.3) is 0 Å². The molecule has 0 heterocycles. The van der Waals surface area contributed by atoms with Crippen molar-refractivity contribution in [3.63, 3.8) is 0 Å². The van der Waals surface area contributed by atoms with Crippen LogP contribution in [0.2, 0.25) is 5.02 Å². The monoisotopic (exact) mass is 416 g/mol. The Morgan fingerprint density at radius 3 is 2.59 bits per heavy atom. The van der Waals surface area contributed by atoms with Crippen molar-refractivity contribution in [2.24, 2.45) is 4.99 Å². The van der Waals surface area contributed by atoms with Crippen molar-refractivity contribution < 1.29 is 17.2 Å². The van der Waals surface area contributed by atoms with Crippen LogP contribution < -0.4 is 15.4 Å². The van der Waals surface area contributed by atoms with Gasteiger partial charge in [-0.1, -0.05) is 17.7 Å². The number of halogens is 3. The van der Waals surface area contributed by atoms with Crippen LogP contribution >= 0.6 is 11.6 Å². The summed E-state index contributed by atoms with van der Waals surface area (Å²) in [5.74, 6) is -0.749. The predicted molar refractivity (Wildman–Crippen MR) is 101 cm³/mol. The van der Waals surface area contributed by atoms with E-state index in [1.807, 2.05) is 0 Å². The summed E-state index contributed by atoms with van der Waals surface area (Å²) in [6.07, 6.45) is 0. The van der Waals surface area contributed by atoms with Gasteiger partial charge in [0.2, 0.25) is 10.0 Å². The highest BCUT2D eigenvalue weighted by Crippen LogP contribution is 2.14. The molecular weight excluding hydrogens is 398 g/mol. The highest BCUT2D eigenvalue weighted by atomic mass is 35.5. The second-order valence-corrected chi connectivity index (χ2v) is 7.65. The molecule has 3 N–H and O–H groups in total. The third kappa shape index (κ3) is 6.46. The highest BCUT2D eigenvalue weighted by molar-refractivity contribution is 7.89. The molecule has 2 rings (SSSR count). The van der Waals surface area contributed by atoms with Crippen LogP contribution in [0, 0.1) is 11.6 Å². The van der Waals surface area contributed by atoms with Gasteiger partial charge in [-0.15, -0.1) is 0 Å². The van der Waals surface area contributed by atoms with Crippen LogP contribution in [0.5, 0.6) is 0 Å². The van der Waals surface area contributed by atoms with E-state index in [0.29, 0.717) is 11.0 Å². The van der Waals surface area contributed by atoms with Gasteiger partial charge in [0.05, 0.1) is 4.90 Å². The molecule has 0 amide bonds. The van der Waals surface area contributed by atoms with Crippen molar-refractivity contribution in [2.75, 3.05) is 20.1 Å². The Hall–Kier alpha value is -2.23. The summed E-state index contributed by atoms with van der Waals surface area (Å²) in [5, 5.41) is 6.03. The molecule has 146 valence electrons. The molecule has 0 saturated carbocycles. The summed E-state index contributed by atoms with van der Waals surface area (Å²) >= 11 is 5.80. The van der Waals surface area contributed by atoms with Crippen molar-refractivity contribution in [3.8, 4) is 0 Å². The maximum Gasteiger partial charge on any atom is 0.240 e. The van der Waals surface area contributed by atoms with E-state index in [1.165, 1.54) is 19.2 Å². The summed E-state index contributed by atoms with van der Waals surface area (Å²) in [7, 11) is -2.17. The third-order valence-corrected chi connectivity index (χ3v) is 5.19. The Morgan fingerprint density at radius 1 is 1.11 bits per heavy atom. The number of nitrogens with one attached hydrogen (secondary N) is 3. The van der Waals surface area contributed by atoms with E-state index in [1.54, 1.807) is 12.1 Å². The molecule has 0 aliphatic rings. The quantitative estimate of drug-likeness (QED) is 0.367. The van der Waals surface area contributed by atoms with E-state index in [4.69, 9.17) is 11.6 Å². The predicted octanol–water partition coefficient (Wildman–Crippen LogP) is 2.26. The van der Waals surface area contributed by atoms with Crippen LogP contribution in [0.4, 0.5) is 8.78 Å². The Bertz CT molecular complexity index is 923. The van der Waals surface area contributed by atoms with E-state index < -0.39 is 21.7 Å². The van der Waals surface area contributed by atoms with Gasteiger partial charge < -0.3 is 10.6 Å². The van der Waals surface area contributed by atoms with E-state index >= 15 is 0 Å². The van der Waals surface area contributed by atoms with E-state index in [0.717, 1.165) is 18.2 Å². The van der Waals surface area contributed by atoms with Crippen molar-refractivity contribution >= 4 is 27.6 Å². The van der Waals surface area contributed by atoms with Gasteiger partial charge in [0.1, 0.15) is 11.6 Å². The largest absolute Gasteiger partial charge is 0.355 e. The molecule has 0 atom stereocenters. The van der Waals surface area contributed by atoms with Crippen LogP contribution in [-0.4, -0.2) is 34.5 Å². The molecule has 0 spiro atoms. The Kier molecular flexibility index (Phi) is 7.52. The van der Waals surface area contributed by atoms with Gasteiger partial charge in [-0.2, -0.15) is 0 Å². The second kappa shape index (κ2) is 9.63. The lowest BCUT2D eigenvalue weighted by atomic mass is 10.2. The maximum absolute atomic E-state index is 13.6. The van der Waals surface area contributed by atoms with Gasteiger partial charge in [-0.05, 0) is 36.4 Å². The van der Waals surface area contributed by atoms with E-state index in [9.17, 15) is 17.2 Å². The molecule has 10 heteroatoms. The maximum atomic E-state index is 13.6. The zero-order valence-electron chi connectivity index (χ0n) is 14.5. The summed E-state index contributed by atoms with van der Waals surface area (Å²) in [6, 6.07) is 9.10. The molecule has 6 nitrogen and oxygen atoms in total. The van der Waals surface area contributed by atoms with Gasteiger partial charge in [-0.25, -0.2) is 21.9 Å². The molecule has 0 radical (unpaired) electrons. The molecule has 0 aromatic heterocycles. The molecule has 27 heavy (non-hydrogen) atoms. The number of guanidine groups is 1. The van der Waals surface area contributed by atoms with Crippen molar-refractivity contribution in [2.45, 2.75) is 11.4 Å². The lowest BCUT2D eigenvalue weighted by molar-refractivity contribution is 0.578. The Balaban J connectivity index is 1.82. The zero-order valence-corrected chi connectivity index (χ0v) is 16.0. The number of hydrogen-bond acceptors (Lipinski definition) is 3. The van der Waals surface area contributed by atoms with E-state index in [2.05, 4.69) is 20.3 Å². The lowest BCUT2D eigenvalue weighted by Crippen LogP contribution is -2.41. The van der Waals surface area contributed by atoms with Crippen LogP contribution in [0.3, 0.4) is 0 Å². The molecular formula is C17H19ClF2N4O2S. The fraction of sp³-hybridized carbons (Fsp3) is 0.235. The van der Waals surface area contributed by atoms with Crippen LogP contribution in [0.15, 0.2) is 52.4 Å².